The van der Waals surface area contributed by atoms with E-state index in [0.717, 1.165) is 13.8 Å². The van der Waals surface area contributed by atoms with Gasteiger partial charge < -0.3 is 134 Å². The molecule has 0 aromatic carbocycles. The number of hydrogen-bond donors (Lipinski definition) is 18. The van der Waals surface area contributed by atoms with Gasteiger partial charge in [-0.2, -0.15) is 16.8 Å². The first kappa shape index (κ1) is 65.8. The maximum absolute atomic E-state index is 12.6. The Bertz CT molecular complexity index is 2230. The zero-order chi connectivity index (χ0) is 58.9. The van der Waals surface area contributed by atoms with Crippen LogP contribution in [-0.4, -0.2) is 320 Å². The zero-order valence-corrected chi connectivity index (χ0v) is 43.5. The molecule has 0 spiro atoms. The molecule has 460 valence electrons. The van der Waals surface area contributed by atoms with E-state index in [1.807, 2.05) is 0 Å². The molecule has 18 N–H and O–H groups in total. The first-order valence-electron chi connectivity index (χ1n) is 24.1. The van der Waals surface area contributed by atoms with Crippen LogP contribution in [0.3, 0.4) is 0 Å². The Hall–Kier alpha value is -2.32. The molecule has 39 heteroatoms. The summed E-state index contributed by atoms with van der Waals surface area (Å²) in [6, 6.07) is -3.62. The smallest absolute Gasteiger partial charge is 0.394 e. The summed E-state index contributed by atoms with van der Waals surface area (Å²) >= 11 is 0. The van der Waals surface area contributed by atoms with Gasteiger partial charge in [-0.1, -0.05) is 0 Å². The molecule has 6 heterocycles. The van der Waals surface area contributed by atoms with Crippen molar-refractivity contribution in [2.75, 3.05) is 26.4 Å². The zero-order valence-electron chi connectivity index (χ0n) is 41.9. The molecule has 0 saturated carbocycles. The normalized spacial score (nSPS) is 47.3. The quantitative estimate of drug-likeness (QED) is 0.0503. The minimum Gasteiger partial charge on any atom is -0.394 e. The maximum atomic E-state index is 12.6. The van der Waals surface area contributed by atoms with E-state index in [0.29, 0.717) is 0 Å². The molecular weight excluding hydrogens is 1130 g/mol. The van der Waals surface area contributed by atoms with Crippen molar-refractivity contribution in [3.05, 3.63) is 0 Å². The van der Waals surface area contributed by atoms with Crippen molar-refractivity contribution in [2.24, 2.45) is 0 Å². The van der Waals surface area contributed by atoms with Gasteiger partial charge in [-0.3, -0.25) is 18.7 Å². The van der Waals surface area contributed by atoms with Crippen LogP contribution in [0.2, 0.25) is 0 Å². The van der Waals surface area contributed by atoms with Crippen LogP contribution in [0, 0.1) is 0 Å². The second kappa shape index (κ2) is 27.2. The monoisotopic (exact) mass is 1200 g/mol. The van der Waals surface area contributed by atoms with Crippen molar-refractivity contribution in [1.29, 1.82) is 0 Å². The van der Waals surface area contributed by atoms with E-state index in [2.05, 4.69) is 19.0 Å². The molecule has 0 radical (unpaired) electrons. The number of ether oxygens (including phenoxy) is 11. The SMILES string of the molecule is CC(=O)N[C@@H]1[C@@H](O[C@@H]2O[C@H](CO)[C@H](O[C@@H]3O[C@H](CO)[C@H](O)[C@H](OS(=O)(=O)O)[C@H]3O)[C@H](O)[C@H]2O[C@@H]2O[C@@H](C)[C@@H](O)[C@@H](O)[C@@H]2O)[C@@H](O)[C@@H](CO[C@@H]2O[C@H](COS(=O)(=O)O)[C@@H](O)[C@H](O[C@@H]3O[C@@H](C)[C@@H](O)[C@@H](O)[C@@H]3O)[C@H]2NC(C)=O)O[C@H]1O. The van der Waals surface area contributed by atoms with Crippen LogP contribution >= 0.6 is 0 Å². The summed E-state index contributed by atoms with van der Waals surface area (Å²) in [7, 11) is -10.7. The number of carbonyl (C=O) groups is 2. The lowest BCUT2D eigenvalue weighted by molar-refractivity contribution is -0.396. The Morgan fingerprint density at radius 2 is 0.861 bits per heavy atom. The largest absolute Gasteiger partial charge is 0.397 e. The molecule has 6 rings (SSSR count). The van der Waals surface area contributed by atoms with E-state index in [-0.39, 0.29) is 0 Å². The van der Waals surface area contributed by atoms with Crippen molar-refractivity contribution >= 4 is 32.6 Å². The van der Waals surface area contributed by atoms with Crippen molar-refractivity contribution in [3.63, 3.8) is 0 Å². The number of aliphatic hydroxyl groups excluding tert-OH is 14. The lowest BCUT2D eigenvalue weighted by Crippen LogP contribution is -2.70. The Balaban J connectivity index is 1.32. The summed E-state index contributed by atoms with van der Waals surface area (Å²) in [6.07, 6.45) is -56.0. The number of amides is 2. The summed E-state index contributed by atoms with van der Waals surface area (Å²) in [5.74, 6) is -1.78. The summed E-state index contributed by atoms with van der Waals surface area (Å²) in [6.45, 7) is -0.0650. The van der Waals surface area contributed by atoms with Gasteiger partial charge in [0.1, 0.15) is 134 Å². The van der Waals surface area contributed by atoms with Crippen molar-refractivity contribution in [2.45, 2.75) is 212 Å². The summed E-state index contributed by atoms with van der Waals surface area (Å²) in [5, 5.41) is 157. The van der Waals surface area contributed by atoms with Crippen LogP contribution in [0.4, 0.5) is 0 Å². The van der Waals surface area contributed by atoms with E-state index in [1.54, 1.807) is 0 Å². The molecule has 6 fully saturated rings. The molecule has 0 unspecified atom stereocenters. The Morgan fingerprint density at radius 1 is 0.430 bits per heavy atom. The summed E-state index contributed by atoms with van der Waals surface area (Å²) in [5.41, 5.74) is 0. The molecular formula is C40H68N2O35S2. The fourth-order valence-corrected chi connectivity index (χ4v) is 10.3. The van der Waals surface area contributed by atoms with E-state index in [1.165, 1.54) is 13.8 Å². The van der Waals surface area contributed by atoms with Crippen LogP contribution in [0.25, 0.3) is 0 Å². The fourth-order valence-electron chi connectivity index (χ4n) is 9.47. The van der Waals surface area contributed by atoms with E-state index < -0.39 is 243 Å². The average molecular weight is 1200 g/mol. The number of aliphatic hydroxyl groups is 14. The van der Waals surface area contributed by atoms with Crippen LogP contribution in [0.15, 0.2) is 0 Å². The fraction of sp³-hybridized carbons (Fsp3) is 0.950. The first-order valence-corrected chi connectivity index (χ1v) is 26.9. The van der Waals surface area contributed by atoms with Crippen molar-refractivity contribution in [1.82, 2.24) is 10.6 Å². The van der Waals surface area contributed by atoms with E-state index >= 15 is 0 Å². The second-order valence-corrected chi connectivity index (χ2v) is 21.4. The maximum Gasteiger partial charge on any atom is 0.397 e. The van der Waals surface area contributed by atoms with Gasteiger partial charge in [0.15, 0.2) is 37.7 Å². The summed E-state index contributed by atoms with van der Waals surface area (Å²) in [4.78, 5) is 25.2. The van der Waals surface area contributed by atoms with Crippen LogP contribution in [-0.2, 0) is 90.9 Å². The van der Waals surface area contributed by atoms with E-state index in [9.17, 15) is 107 Å². The van der Waals surface area contributed by atoms with Gasteiger partial charge in [0.2, 0.25) is 11.8 Å². The van der Waals surface area contributed by atoms with Gasteiger partial charge in [-0.05, 0) is 13.8 Å². The number of carbonyl (C=O) groups excluding carboxylic acids is 2. The molecule has 0 aromatic heterocycles. The molecule has 2 amide bonds. The highest BCUT2D eigenvalue weighted by molar-refractivity contribution is 7.81. The van der Waals surface area contributed by atoms with Gasteiger partial charge in [0, 0.05) is 13.8 Å². The lowest BCUT2D eigenvalue weighted by Gasteiger charge is -2.50. The van der Waals surface area contributed by atoms with E-state index in [4.69, 9.17) is 52.1 Å². The Labute approximate surface area is 448 Å². The topological polar surface area (TPSA) is 570 Å². The third-order valence-electron chi connectivity index (χ3n) is 13.5. The molecule has 6 saturated heterocycles. The predicted octanol–water partition coefficient (Wildman–Crippen LogP) is -12.1. The van der Waals surface area contributed by atoms with Crippen molar-refractivity contribution in [3.8, 4) is 0 Å². The van der Waals surface area contributed by atoms with Gasteiger partial charge in [0.05, 0.1) is 38.6 Å². The molecule has 6 aliphatic heterocycles. The lowest BCUT2D eigenvalue weighted by atomic mass is 9.94. The summed E-state index contributed by atoms with van der Waals surface area (Å²) < 4.78 is 137. The number of nitrogens with one attached hydrogen (secondary N) is 2. The molecule has 6 aliphatic rings. The standard InChI is InChI=1S/C40H68N2O35S2/c1-9-19(47)24(52)26(54)37(67-9)74-32-18(42-12(4)46)36(72-16(23(32)51)8-66-78(59,60)61)65-7-15-22(50)31(17(35(58)69-15)41-11(3)45)75-40-34(76-38-27(55)25(53)20(48)10(2)68-38)28(56)30(14(6-44)71-40)73-39-29(57)33(77-79(62,63)64)21(49)13(5-43)70-39/h9-10,13-40,43-44,47-58H,5-8H2,1-4H3,(H,41,45)(H,42,46)(H,59,60,61)(H,62,63,64)/t9-,10-,13+,14+,15+,16+,17+,18+,19+,20+,21-,22-,23+,24+,25+,26-,27-,28-,29+,30-,31+,32+,33-,34+,35+,36+,37-,38-,39-,40-/m0/s1. The molecule has 0 aromatic rings. The highest BCUT2D eigenvalue weighted by Crippen LogP contribution is 2.37. The Kier molecular flexibility index (Phi) is 22.6. The second-order valence-electron chi connectivity index (χ2n) is 19.3. The van der Waals surface area contributed by atoms with Gasteiger partial charge >= 0.3 is 20.8 Å². The highest BCUT2D eigenvalue weighted by Gasteiger charge is 2.58. The molecule has 30 atom stereocenters. The van der Waals surface area contributed by atoms with Gasteiger partial charge in [-0.25, -0.2) is 8.37 Å². The van der Waals surface area contributed by atoms with Crippen LogP contribution in [0.1, 0.15) is 27.7 Å². The third kappa shape index (κ3) is 15.7. The molecule has 0 aliphatic carbocycles. The predicted molar refractivity (Wildman–Crippen MR) is 240 cm³/mol. The van der Waals surface area contributed by atoms with Crippen LogP contribution < -0.4 is 10.6 Å². The average Bonchev–Trinajstić information content (AvgIpc) is 3.43. The molecule has 37 nitrogen and oxygen atoms in total. The number of hydrogen-bond acceptors (Lipinski definition) is 33. The highest BCUT2D eigenvalue weighted by atomic mass is 32.3. The first-order chi connectivity index (χ1) is 36.8. The van der Waals surface area contributed by atoms with Crippen molar-refractivity contribution < 1.29 is 167 Å². The van der Waals surface area contributed by atoms with Gasteiger partial charge in [-0.15, -0.1) is 0 Å². The van der Waals surface area contributed by atoms with Crippen LogP contribution in [0.5, 0.6) is 0 Å². The third-order valence-corrected chi connectivity index (χ3v) is 14.4. The minimum atomic E-state index is -5.45. The Morgan fingerprint density at radius 3 is 1.37 bits per heavy atom. The minimum absolute atomic E-state index is 0.877. The molecule has 79 heavy (non-hydrogen) atoms. The van der Waals surface area contributed by atoms with Gasteiger partial charge in [0.25, 0.3) is 0 Å². The molecule has 0 bridgehead atoms. The number of rotatable bonds is 20.